The van der Waals surface area contributed by atoms with Gasteiger partial charge in [-0.05, 0) is 32.3 Å². The smallest absolute Gasteiger partial charge is 0 e. The Morgan fingerprint density at radius 1 is 0.438 bits per heavy atom. The van der Waals surface area contributed by atoms with Crippen LogP contribution in [0.5, 0.6) is 0 Å². The summed E-state index contributed by atoms with van der Waals surface area (Å²) < 4.78 is 0. The topological polar surface area (TPSA) is 0 Å². The molecular formula is C16H12. The van der Waals surface area contributed by atoms with Crippen LogP contribution >= 0.6 is 0 Å². The van der Waals surface area contributed by atoms with Crippen molar-refractivity contribution in [1.29, 1.82) is 0 Å². The summed E-state index contributed by atoms with van der Waals surface area (Å²) in [6.07, 6.45) is 0. The molecule has 0 aliphatic heterocycles. The minimum Gasteiger partial charge on any atom is -0.0610 e. The van der Waals surface area contributed by atoms with E-state index >= 15 is 0 Å². The van der Waals surface area contributed by atoms with E-state index in [0.717, 1.165) is 0 Å². The van der Waals surface area contributed by atoms with E-state index < -0.39 is 0 Å². The fourth-order valence-electron chi connectivity index (χ4n) is 2.67. The van der Waals surface area contributed by atoms with Gasteiger partial charge in [0.25, 0.3) is 0 Å². The van der Waals surface area contributed by atoms with E-state index in [-0.39, 0.29) is 1.43 Å². The molecule has 0 aliphatic carbocycles. The Balaban J connectivity index is 0.000000902. The summed E-state index contributed by atoms with van der Waals surface area (Å²) in [5, 5.41) is 8.14. The number of hydrogen-bond donors (Lipinski definition) is 0. The fourth-order valence-corrected chi connectivity index (χ4v) is 2.67. The molecule has 16 heavy (non-hydrogen) atoms. The molecule has 0 fully saturated rings. The molecule has 76 valence electrons. The molecule has 4 aromatic rings. The number of rotatable bonds is 0. The Hall–Kier alpha value is -2.08. The van der Waals surface area contributed by atoms with E-state index in [2.05, 4.69) is 60.7 Å². The molecular weight excluding hydrogens is 192 g/mol. The lowest BCUT2D eigenvalue weighted by Crippen LogP contribution is -1.82. The van der Waals surface area contributed by atoms with Crippen molar-refractivity contribution in [2.45, 2.75) is 0 Å². The normalized spacial score (nSPS) is 11.8. The van der Waals surface area contributed by atoms with Crippen LogP contribution in [0, 0.1) is 0 Å². The second-order valence-electron chi connectivity index (χ2n) is 4.29. The van der Waals surface area contributed by atoms with Gasteiger partial charge in [0.2, 0.25) is 0 Å². The summed E-state index contributed by atoms with van der Waals surface area (Å²) in [6.45, 7) is 0. The Bertz CT molecular complexity index is 672. The molecule has 0 heterocycles. The molecule has 0 saturated heterocycles. The Kier molecular flexibility index (Phi) is 1.39. The van der Waals surface area contributed by atoms with Gasteiger partial charge in [0.15, 0.2) is 0 Å². The van der Waals surface area contributed by atoms with Crippen LogP contribution in [0.15, 0.2) is 60.7 Å². The lowest BCUT2D eigenvalue weighted by atomic mass is 9.95. The highest BCUT2D eigenvalue weighted by atomic mass is 14.1. The van der Waals surface area contributed by atoms with Crippen LogP contribution in [-0.4, -0.2) is 0 Å². The van der Waals surface area contributed by atoms with Crippen LogP contribution in [0.3, 0.4) is 0 Å². The van der Waals surface area contributed by atoms with Gasteiger partial charge in [-0.25, -0.2) is 0 Å². The second kappa shape index (κ2) is 2.73. The van der Waals surface area contributed by atoms with E-state index in [1.165, 1.54) is 32.3 Å². The zero-order valence-electron chi connectivity index (χ0n) is 8.77. The third-order valence-electron chi connectivity index (χ3n) is 3.39. The molecule has 0 N–H and O–H groups in total. The molecule has 0 aliphatic rings. The third-order valence-corrected chi connectivity index (χ3v) is 3.39. The van der Waals surface area contributed by atoms with Gasteiger partial charge in [-0.2, -0.15) is 0 Å². The molecule has 0 saturated carbocycles. The minimum atomic E-state index is 0. The van der Waals surface area contributed by atoms with Crippen molar-refractivity contribution in [2.75, 3.05) is 0 Å². The minimum absolute atomic E-state index is 0. The molecule has 0 spiro atoms. The van der Waals surface area contributed by atoms with Crippen LogP contribution < -0.4 is 0 Å². The molecule has 0 unspecified atom stereocenters. The van der Waals surface area contributed by atoms with Gasteiger partial charge < -0.3 is 0 Å². The molecule has 0 atom stereocenters. The van der Waals surface area contributed by atoms with Crippen molar-refractivity contribution in [1.82, 2.24) is 0 Å². The highest BCUT2D eigenvalue weighted by Gasteiger charge is 2.05. The van der Waals surface area contributed by atoms with Crippen molar-refractivity contribution >= 4 is 32.3 Å². The number of benzene rings is 4. The van der Waals surface area contributed by atoms with Crippen LogP contribution in [0.2, 0.25) is 0 Å². The molecule has 0 aromatic heterocycles. The summed E-state index contributed by atoms with van der Waals surface area (Å²) in [6, 6.07) is 21.9. The maximum Gasteiger partial charge on any atom is 0 e. The van der Waals surface area contributed by atoms with Gasteiger partial charge in [0, 0.05) is 1.43 Å². The van der Waals surface area contributed by atoms with Crippen molar-refractivity contribution < 1.29 is 1.43 Å². The van der Waals surface area contributed by atoms with Gasteiger partial charge >= 0.3 is 0 Å². The van der Waals surface area contributed by atoms with Crippen LogP contribution in [0.1, 0.15) is 1.43 Å². The van der Waals surface area contributed by atoms with E-state index in [1.54, 1.807) is 0 Å². The second-order valence-corrected chi connectivity index (χ2v) is 4.29. The molecule has 0 amide bonds. The summed E-state index contributed by atoms with van der Waals surface area (Å²) in [4.78, 5) is 0. The van der Waals surface area contributed by atoms with Gasteiger partial charge in [-0.1, -0.05) is 60.7 Å². The lowest BCUT2D eigenvalue weighted by molar-refractivity contribution is 1.78. The van der Waals surface area contributed by atoms with Gasteiger partial charge in [-0.3, -0.25) is 0 Å². The van der Waals surface area contributed by atoms with Gasteiger partial charge in [0.1, 0.15) is 0 Å². The Labute approximate surface area is 94.9 Å². The molecule has 0 nitrogen and oxygen atoms in total. The first kappa shape index (κ1) is 8.12. The predicted molar refractivity (Wildman–Crippen MR) is 72.3 cm³/mol. The van der Waals surface area contributed by atoms with Crippen LogP contribution in [0.25, 0.3) is 32.3 Å². The molecule has 4 rings (SSSR count). The summed E-state index contributed by atoms with van der Waals surface area (Å²) in [5.41, 5.74) is 0. The number of hydrogen-bond acceptors (Lipinski definition) is 0. The Morgan fingerprint density at radius 3 is 1.06 bits per heavy atom. The third kappa shape index (κ3) is 0.892. The molecule has 0 heteroatoms. The average molecular weight is 204 g/mol. The fraction of sp³-hybridized carbons (Fsp3) is 0. The Morgan fingerprint density at radius 2 is 0.750 bits per heavy atom. The van der Waals surface area contributed by atoms with E-state index in [0.29, 0.717) is 0 Å². The van der Waals surface area contributed by atoms with Crippen LogP contribution in [-0.2, 0) is 0 Å². The molecule has 0 bridgehead atoms. The van der Waals surface area contributed by atoms with E-state index in [1.807, 2.05) is 0 Å². The molecule has 0 radical (unpaired) electrons. The summed E-state index contributed by atoms with van der Waals surface area (Å²) in [7, 11) is 0. The zero-order chi connectivity index (χ0) is 10.5. The van der Waals surface area contributed by atoms with Crippen molar-refractivity contribution in [3.63, 3.8) is 0 Å². The zero-order valence-corrected chi connectivity index (χ0v) is 8.77. The SMILES string of the molecule is [HH].c1cc2ccc3cccc4ccc(c1)c2c34. The first-order valence-electron chi connectivity index (χ1n) is 5.56. The highest BCUT2D eigenvalue weighted by molar-refractivity contribution is 6.22. The van der Waals surface area contributed by atoms with Gasteiger partial charge in [0.05, 0.1) is 0 Å². The van der Waals surface area contributed by atoms with Crippen LogP contribution in [0.4, 0.5) is 0 Å². The monoisotopic (exact) mass is 204 g/mol. The first-order chi connectivity index (χ1) is 7.93. The van der Waals surface area contributed by atoms with E-state index in [4.69, 9.17) is 0 Å². The largest absolute Gasteiger partial charge is 0.0610 e. The maximum absolute atomic E-state index is 2.21. The quantitative estimate of drug-likeness (QED) is 0.360. The highest BCUT2D eigenvalue weighted by Crippen LogP contribution is 2.33. The average Bonchev–Trinajstić information content (AvgIpc) is 2.36. The van der Waals surface area contributed by atoms with Crippen molar-refractivity contribution in [3.8, 4) is 0 Å². The van der Waals surface area contributed by atoms with E-state index in [9.17, 15) is 0 Å². The standard InChI is InChI=1S/C16H10.H2/c1-3-11-7-9-13-5-2-6-14-10-8-12(4-1)15(11)16(13)14;/h1-10H;1H. The maximum atomic E-state index is 2.21. The first-order valence-corrected chi connectivity index (χ1v) is 5.56. The lowest BCUT2D eigenvalue weighted by Gasteiger charge is -2.09. The predicted octanol–water partition coefficient (Wildman–Crippen LogP) is 4.83. The summed E-state index contributed by atoms with van der Waals surface area (Å²) in [5.74, 6) is 0. The van der Waals surface area contributed by atoms with Crippen molar-refractivity contribution in [3.05, 3.63) is 60.7 Å². The van der Waals surface area contributed by atoms with Gasteiger partial charge in [-0.15, -0.1) is 0 Å². The van der Waals surface area contributed by atoms with Crippen molar-refractivity contribution in [2.24, 2.45) is 0 Å². The molecule has 4 aromatic carbocycles. The summed E-state index contributed by atoms with van der Waals surface area (Å²) >= 11 is 0.